The average molecular weight is 212 g/mol. The third-order valence-electron chi connectivity index (χ3n) is 1.40. The molecule has 0 radical (unpaired) electrons. The highest BCUT2D eigenvalue weighted by Crippen LogP contribution is 2.00. The van der Waals surface area contributed by atoms with Crippen LogP contribution in [0.1, 0.15) is 17.4 Å². The van der Waals surface area contributed by atoms with Crippen molar-refractivity contribution in [1.82, 2.24) is 15.3 Å². The van der Waals surface area contributed by atoms with E-state index in [1.165, 1.54) is 12.4 Å². The summed E-state index contributed by atoms with van der Waals surface area (Å²) in [4.78, 5) is 18.9. The molecule has 0 saturated heterocycles. The van der Waals surface area contributed by atoms with Crippen LogP contribution in [0.5, 0.6) is 0 Å². The summed E-state index contributed by atoms with van der Waals surface area (Å²) in [7, 11) is 0. The molecule has 4 nitrogen and oxygen atoms in total. The molecule has 1 N–H and O–H groups in total. The highest BCUT2D eigenvalue weighted by atomic mass is 35.5. The minimum Gasteiger partial charge on any atom is -0.347 e. The third kappa shape index (κ3) is 3.14. The van der Waals surface area contributed by atoms with Crippen LogP contribution < -0.4 is 5.32 Å². The number of halogens is 1. The molecule has 0 fully saturated rings. The number of aromatic nitrogens is 2. The molecular weight excluding hydrogens is 202 g/mol. The summed E-state index contributed by atoms with van der Waals surface area (Å²) >= 11 is 5.52. The molecule has 0 spiro atoms. The van der Waals surface area contributed by atoms with E-state index < -0.39 is 0 Å². The molecule has 0 bridgehead atoms. The normalized spacial score (nSPS) is 9.57. The van der Waals surface area contributed by atoms with Crippen molar-refractivity contribution in [2.45, 2.75) is 6.92 Å². The van der Waals surface area contributed by atoms with E-state index >= 15 is 0 Å². The van der Waals surface area contributed by atoms with Crippen molar-refractivity contribution in [2.75, 3.05) is 6.54 Å². The fraction of sp³-hybridized carbons (Fsp3) is 0.222. The molecule has 0 aliphatic carbocycles. The Balaban J connectivity index is 2.61. The first-order chi connectivity index (χ1) is 6.59. The third-order valence-corrected chi connectivity index (χ3v) is 1.60. The van der Waals surface area contributed by atoms with Crippen LogP contribution in [0.3, 0.4) is 0 Å². The molecule has 5 heteroatoms. The summed E-state index contributed by atoms with van der Waals surface area (Å²) in [5.74, 6) is -0.280. The van der Waals surface area contributed by atoms with Crippen LogP contribution in [-0.4, -0.2) is 22.4 Å². The number of nitrogens with one attached hydrogen (secondary N) is 1. The fourth-order valence-electron chi connectivity index (χ4n) is 0.751. The molecule has 1 aromatic rings. The minimum absolute atomic E-state index is 0.246. The molecule has 0 aliphatic heterocycles. The zero-order chi connectivity index (χ0) is 10.6. The first kappa shape index (κ1) is 10.7. The Hall–Kier alpha value is -1.42. The van der Waals surface area contributed by atoms with Gasteiger partial charge in [-0.2, -0.15) is 0 Å². The number of rotatable bonds is 3. The average Bonchev–Trinajstić information content (AvgIpc) is 2.15. The lowest BCUT2D eigenvalue weighted by Crippen LogP contribution is -2.25. The molecule has 1 amide bonds. The van der Waals surface area contributed by atoms with Crippen molar-refractivity contribution in [3.8, 4) is 0 Å². The zero-order valence-corrected chi connectivity index (χ0v) is 8.51. The van der Waals surface area contributed by atoms with Gasteiger partial charge >= 0.3 is 0 Å². The van der Waals surface area contributed by atoms with Gasteiger partial charge in [0, 0.05) is 6.54 Å². The maximum atomic E-state index is 11.4. The lowest BCUT2D eigenvalue weighted by molar-refractivity contribution is 0.0951. The van der Waals surface area contributed by atoms with Gasteiger partial charge in [-0.05, 0) is 6.92 Å². The van der Waals surface area contributed by atoms with Crippen LogP contribution in [0, 0.1) is 0 Å². The SMILES string of the molecule is C=C(C)CNC(=O)c1cnc(Cl)cn1. The minimum atomic E-state index is -0.280. The largest absolute Gasteiger partial charge is 0.347 e. The highest BCUT2D eigenvalue weighted by Gasteiger charge is 2.06. The van der Waals surface area contributed by atoms with Gasteiger partial charge < -0.3 is 5.32 Å². The van der Waals surface area contributed by atoms with Crippen molar-refractivity contribution in [1.29, 1.82) is 0 Å². The van der Waals surface area contributed by atoms with Gasteiger partial charge in [0.15, 0.2) is 0 Å². The van der Waals surface area contributed by atoms with E-state index in [-0.39, 0.29) is 16.8 Å². The van der Waals surface area contributed by atoms with Gasteiger partial charge in [0.2, 0.25) is 0 Å². The van der Waals surface area contributed by atoms with Crippen LogP contribution >= 0.6 is 11.6 Å². The van der Waals surface area contributed by atoms with Gasteiger partial charge in [0.05, 0.1) is 12.4 Å². The Morgan fingerprint density at radius 2 is 2.29 bits per heavy atom. The second kappa shape index (κ2) is 4.72. The van der Waals surface area contributed by atoms with Crippen LogP contribution in [0.2, 0.25) is 5.15 Å². The van der Waals surface area contributed by atoms with Gasteiger partial charge in [-0.1, -0.05) is 23.8 Å². The summed E-state index contributed by atoms with van der Waals surface area (Å²) in [5, 5.41) is 2.90. The quantitative estimate of drug-likeness (QED) is 0.770. The second-order valence-corrected chi connectivity index (χ2v) is 3.25. The Morgan fingerprint density at radius 3 is 2.79 bits per heavy atom. The predicted molar refractivity (Wildman–Crippen MR) is 54.2 cm³/mol. The molecule has 1 heterocycles. The summed E-state index contributed by atoms with van der Waals surface area (Å²) in [5.41, 5.74) is 1.12. The van der Waals surface area contributed by atoms with E-state index in [2.05, 4.69) is 21.9 Å². The monoisotopic (exact) mass is 211 g/mol. The van der Waals surface area contributed by atoms with Gasteiger partial charge in [0.1, 0.15) is 10.8 Å². The van der Waals surface area contributed by atoms with Crippen LogP contribution in [0.25, 0.3) is 0 Å². The van der Waals surface area contributed by atoms with Crippen molar-refractivity contribution in [3.05, 3.63) is 35.4 Å². The van der Waals surface area contributed by atoms with Crippen molar-refractivity contribution in [3.63, 3.8) is 0 Å². The maximum Gasteiger partial charge on any atom is 0.271 e. The van der Waals surface area contributed by atoms with E-state index in [1.807, 2.05) is 6.92 Å². The Morgan fingerprint density at radius 1 is 1.57 bits per heavy atom. The summed E-state index contributed by atoms with van der Waals surface area (Å²) in [6.45, 7) is 5.92. The van der Waals surface area contributed by atoms with Crippen LogP contribution in [0.4, 0.5) is 0 Å². The predicted octanol–water partition coefficient (Wildman–Crippen LogP) is 1.44. The van der Waals surface area contributed by atoms with Gasteiger partial charge in [-0.3, -0.25) is 4.79 Å². The Kier molecular flexibility index (Phi) is 3.59. The molecule has 0 unspecified atom stereocenters. The molecule has 0 saturated carbocycles. The van der Waals surface area contributed by atoms with E-state index in [9.17, 15) is 4.79 Å². The van der Waals surface area contributed by atoms with Crippen LogP contribution in [-0.2, 0) is 0 Å². The molecular formula is C9H10ClN3O. The molecule has 0 aromatic carbocycles. The van der Waals surface area contributed by atoms with Gasteiger partial charge in [-0.25, -0.2) is 9.97 Å². The van der Waals surface area contributed by atoms with Gasteiger partial charge in [-0.15, -0.1) is 0 Å². The smallest absolute Gasteiger partial charge is 0.271 e. The highest BCUT2D eigenvalue weighted by molar-refractivity contribution is 6.29. The maximum absolute atomic E-state index is 11.4. The number of hydrogen-bond donors (Lipinski definition) is 1. The lowest BCUT2D eigenvalue weighted by atomic mass is 10.3. The zero-order valence-electron chi connectivity index (χ0n) is 7.75. The van der Waals surface area contributed by atoms with Crippen LogP contribution in [0.15, 0.2) is 24.5 Å². The van der Waals surface area contributed by atoms with E-state index in [4.69, 9.17) is 11.6 Å². The van der Waals surface area contributed by atoms with Crippen molar-refractivity contribution < 1.29 is 4.79 Å². The summed E-state index contributed by atoms with van der Waals surface area (Å²) in [6, 6.07) is 0. The Bertz CT molecular complexity index is 348. The van der Waals surface area contributed by atoms with Crippen molar-refractivity contribution in [2.24, 2.45) is 0 Å². The number of hydrogen-bond acceptors (Lipinski definition) is 3. The standard InChI is InChI=1S/C9H10ClN3O/c1-6(2)3-13-9(14)7-4-12-8(10)5-11-7/h4-5H,1,3H2,2H3,(H,13,14). The number of amides is 1. The molecule has 1 rings (SSSR count). The molecule has 1 aromatic heterocycles. The van der Waals surface area contributed by atoms with Gasteiger partial charge in [0.25, 0.3) is 5.91 Å². The number of carbonyl (C=O) groups excluding carboxylic acids is 1. The molecule has 0 atom stereocenters. The molecule has 0 aliphatic rings. The lowest BCUT2D eigenvalue weighted by Gasteiger charge is -2.02. The Labute approximate surface area is 87.0 Å². The topological polar surface area (TPSA) is 54.9 Å². The van der Waals surface area contributed by atoms with E-state index in [0.29, 0.717) is 6.54 Å². The number of nitrogens with zero attached hydrogens (tertiary/aromatic N) is 2. The van der Waals surface area contributed by atoms with E-state index in [0.717, 1.165) is 5.57 Å². The second-order valence-electron chi connectivity index (χ2n) is 2.86. The summed E-state index contributed by atoms with van der Waals surface area (Å²) < 4.78 is 0. The fourth-order valence-corrected chi connectivity index (χ4v) is 0.849. The summed E-state index contributed by atoms with van der Waals surface area (Å²) in [6.07, 6.45) is 2.66. The van der Waals surface area contributed by atoms with E-state index in [1.54, 1.807) is 0 Å². The molecule has 14 heavy (non-hydrogen) atoms. The first-order valence-electron chi connectivity index (χ1n) is 3.99. The molecule has 74 valence electrons. The number of carbonyl (C=O) groups is 1. The first-order valence-corrected chi connectivity index (χ1v) is 4.37. The van der Waals surface area contributed by atoms with Crippen molar-refractivity contribution >= 4 is 17.5 Å².